The van der Waals surface area contributed by atoms with Crippen molar-refractivity contribution in [3.05, 3.63) is 41.7 Å². The maximum Gasteiger partial charge on any atom is 0.236 e. The van der Waals surface area contributed by atoms with Crippen LogP contribution in [0.25, 0.3) is 11.1 Å². The Kier molecular flexibility index (Phi) is 5.43. The van der Waals surface area contributed by atoms with Crippen LogP contribution in [0, 0.1) is 6.92 Å². The first kappa shape index (κ1) is 18.7. The van der Waals surface area contributed by atoms with Gasteiger partial charge in [0.1, 0.15) is 0 Å². The van der Waals surface area contributed by atoms with Crippen molar-refractivity contribution >= 4 is 11.8 Å². The normalized spacial score (nSPS) is 20.8. The molecule has 2 aliphatic rings. The zero-order chi connectivity index (χ0) is 19.5. The second-order valence-corrected chi connectivity index (χ2v) is 7.80. The lowest BCUT2D eigenvalue weighted by atomic mass is 9.90. The third-order valence-electron chi connectivity index (χ3n) is 5.69. The summed E-state index contributed by atoms with van der Waals surface area (Å²) in [6.07, 6.45) is 3.90. The molecule has 0 saturated carbocycles. The minimum atomic E-state index is -0.00392. The number of carbonyl (C=O) groups is 2. The molecule has 0 aliphatic carbocycles. The van der Waals surface area contributed by atoms with Crippen molar-refractivity contribution in [2.75, 3.05) is 39.3 Å². The summed E-state index contributed by atoms with van der Waals surface area (Å²) >= 11 is 0. The summed E-state index contributed by atoms with van der Waals surface area (Å²) in [6.45, 7) is 5.52. The van der Waals surface area contributed by atoms with Gasteiger partial charge in [0, 0.05) is 43.4 Å². The summed E-state index contributed by atoms with van der Waals surface area (Å²) in [5, 5.41) is 10.3. The monoisotopic (exact) mass is 381 g/mol. The quantitative estimate of drug-likeness (QED) is 0.842. The lowest BCUT2D eigenvalue weighted by Crippen LogP contribution is -2.52. The van der Waals surface area contributed by atoms with Gasteiger partial charge in [-0.1, -0.05) is 29.8 Å². The molecular formula is C21H27N5O2. The highest BCUT2D eigenvalue weighted by Gasteiger charge is 2.29. The lowest BCUT2D eigenvalue weighted by Gasteiger charge is -2.35. The molecular weight excluding hydrogens is 354 g/mol. The summed E-state index contributed by atoms with van der Waals surface area (Å²) in [4.78, 5) is 28.2. The van der Waals surface area contributed by atoms with Crippen molar-refractivity contribution in [2.24, 2.45) is 0 Å². The standard InChI is InChI=1S/C21H27N5O2/c1-15-4-6-16(7-5-15)18-11-23-24-21(18)17-3-2-9-26(12-17)20(28)14-25-10-8-22-19(27)13-25/h4-7,11,17H,2-3,8-10,12-14H2,1H3,(H,22,27)(H,23,24)/t17-/m1/s1. The number of rotatable bonds is 4. The molecule has 2 aromatic rings. The van der Waals surface area contributed by atoms with E-state index in [9.17, 15) is 9.59 Å². The van der Waals surface area contributed by atoms with Crippen LogP contribution in [0.2, 0.25) is 0 Å². The number of piperidine rings is 1. The molecule has 0 radical (unpaired) electrons. The number of amides is 2. The number of benzene rings is 1. The van der Waals surface area contributed by atoms with Gasteiger partial charge in [-0.25, -0.2) is 0 Å². The fourth-order valence-corrected chi connectivity index (χ4v) is 4.13. The first-order chi connectivity index (χ1) is 13.6. The molecule has 2 aliphatic heterocycles. The second-order valence-electron chi connectivity index (χ2n) is 7.80. The van der Waals surface area contributed by atoms with Crippen LogP contribution in [-0.2, 0) is 9.59 Å². The largest absolute Gasteiger partial charge is 0.354 e. The number of aromatic amines is 1. The molecule has 7 heteroatoms. The highest BCUT2D eigenvalue weighted by molar-refractivity contribution is 5.82. The fourth-order valence-electron chi connectivity index (χ4n) is 4.13. The molecule has 2 N–H and O–H groups in total. The molecule has 7 nitrogen and oxygen atoms in total. The predicted molar refractivity (Wildman–Crippen MR) is 107 cm³/mol. The van der Waals surface area contributed by atoms with Gasteiger partial charge in [0.05, 0.1) is 19.3 Å². The third kappa shape index (κ3) is 4.09. The van der Waals surface area contributed by atoms with Crippen LogP contribution in [0.5, 0.6) is 0 Å². The average molecular weight is 381 g/mol. The summed E-state index contributed by atoms with van der Waals surface area (Å²) in [6, 6.07) is 8.46. The topological polar surface area (TPSA) is 81.3 Å². The molecule has 2 amide bonds. The molecule has 0 spiro atoms. The molecule has 2 fully saturated rings. The van der Waals surface area contributed by atoms with Crippen molar-refractivity contribution in [1.29, 1.82) is 0 Å². The maximum absolute atomic E-state index is 12.8. The van der Waals surface area contributed by atoms with Crippen molar-refractivity contribution in [3.63, 3.8) is 0 Å². The van der Waals surface area contributed by atoms with Gasteiger partial charge in [-0.05, 0) is 25.3 Å². The zero-order valence-electron chi connectivity index (χ0n) is 16.3. The third-order valence-corrected chi connectivity index (χ3v) is 5.69. The maximum atomic E-state index is 12.8. The van der Waals surface area contributed by atoms with Crippen molar-refractivity contribution in [2.45, 2.75) is 25.7 Å². The van der Waals surface area contributed by atoms with E-state index >= 15 is 0 Å². The van der Waals surface area contributed by atoms with Crippen LogP contribution in [0.15, 0.2) is 30.5 Å². The minimum Gasteiger partial charge on any atom is -0.354 e. The van der Waals surface area contributed by atoms with Gasteiger partial charge in [-0.2, -0.15) is 5.10 Å². The van der Waals surface area contributed by atoms with E-state index in [4.69, 9.17) is 0 Å². The first-order valence-electron chi connectivity index (χ1n) is 9.97. The average Bonchev–Trinajstić information content (AvgIpc) is 3.18. The van der Waals surface area contributed by atoms with Gasteiger partial charge in [-0.15, -0.1) is 0 Å². The highest BCUT2D eigenvalue weighted by atomic mass is 16.2. The van der Waals surface area contributed by atoms with E-state index in [0.717, 1.165) is 42.8 Å². The molecule has 0 unspecified atom stereocenters. The van der Waals surface area contributed by atoms with E-state index in [0.29, 0.717) is 26.2 Å². The number of hydrogen-bond acceptors (Lipinski definition) is 4. The number of nitrogens with one attached hydrogen (secondary N) is 2. The summed E-state index contributed by atoms with van der Waals surface area (Å²) in [5.41, 5.74) is 4.61. The molecule has 4 rings (SSSR count). The zero-order valence-corrected chi connectivity index (χ0v) is 16.3. The Morgan fingerprint density at radius 3 is 2.86 bits per heavy atom. The number of nitrogens with zero attached hydrogens (tertiary/aromatic N) is 3. The molecule has 0 bridgehead atoms. The van der Waals surface area contributed by atoms with Crippen LogP contribution >= 0.6 is 0 Å². The smallest absolute Gasteiger partial charge is 0.236 e. The van der Waals surface area contributed by atoms with Gasteiger partial charge < -0.3 is 10.2 Å². The molecule has 1 aromatic carbocycles. The van der Waals surface area contributed by atoms with Gasteiger partial charge in [0.25, 0.3) is 0 Å². The number of carbonyl (C=O) groups excluding carboxylic acids is 2. The Morgan fingerprint density at radius 2 is 2.07 bits per heavy atom. The van der Waals surface area contributed by atoms with E-state index in [1.54, 1.807) is 0 Å². The van der Waals surface area contributed by atoms with Gasteiger partial charge in [0.2, 0.25) is 11.8 Å². The number of hydrogen-bond donors (Lipinski definition) is 2. The summed E-state index contributed by atoms with van der Waals surface area (Å²) in [7, 11) is 0. The number of H-pyrrole nitrogens is 1. The van der Waals surface area contributed by atoms with Crippen LogP contribution in [0.1, 0.15) is 30.0 Å². The van der Waals surface area contributed by atoms with Gasteiger partial charge in [-0.3, -0.25) is 19.6 Å². The SMILES string of the molecule is Cc1ccc(-c2cn[nH]c2[C@@H]2CCCN(C(=O)CN3CCNC(=O)C3)C2)cc1. The second kappa shape index (κ2) is 8.14. The van der Waals surface area contributed by atoms with Crippen molar-refractivity contribution < 1.29 is 9.59 Å². The Labute approximate surface area is 165 Å². The number of piperazine rings is 1. The summed E-state index contributed by atoms with van der Waals surface area (Å²) in [5.74, 6) is 0.354. The van der Waals surface area contributed by atoms with Crippen molar-refractivity contribution in [3.8, 4) is 11.1 Å². The highest BCUT2D eigenvalue weighted by Crippen LogP contribution is 2.33. The van der Waals surface area contributed by atoms with Crippen molar-refractivity contribution in [1.82, 2.24) is 25.3 Å². The Bertz CT molecular complexity index is 845. The van der Waals surface area contributed by atoms with E-state index in [1.807, 2.05) is 16.0 Å². The van der Waals surface area contributed by atoms with Gasteiger partial charge >= 0.3 is 0 Å². The van der Waals surface area contributed by atoms with Crippen LogP contribution in [0.3, 0.4) is 0 Å². The fraction of sp³-hybridized carbons (Fsp3) is 0.476. The Balaban J connectivity index is 1.44. The predicted octanol–water partition coefficient (Wildman–Crippen LogP) is 1.52. The van der Waals surface area contributed by atoms with Gasteiger partial charge in [0.15, 0.2) is 0 Å². The van der Waals surface area contributed by atoms with E-state index in [1.165, 1.54) is 5.56 Å². The Morgan fingerprint density at radius 1 is 1.25 bits per heavy atom. The van der Waals surface area contributed by atoms with Crippen LogP contribution in [-0.4, -0.2) is 71.1 Å². The van der Waals surface area contributed by atoms with Crippen LogP contribution in [0.4, 0.5) is 0 Å². The molecule has 3 heterocycles. The minimum absolute atomic E-state index is 0.00392. The molecule has 1 aromatic heterocycles. The lowest BCUT2D eigenvalue weighted by molar-refractivity contribution is -0.135. The molecule has 2 saturated heterocycles. The van der Waals surface area contributed by atoms with E-state index in [-0.39, 0.29) is 17.7 Å². The summed E-state index contributed by atoms with van der Waals surface area (Å²) < 4.78 is 0. The van der Waals surface area contributed by atoms with Crippen LogP contribution < -0.4 is 5.32 Å². The van der Waals surface area contributed by atoms with E-state index < -0.39 is 0 Å². The number of aryl methyl sites for hydroxylation is 1. The molecule has 28 heavy (non-hydrogen) atoms. The number of aromatic nitrogens is 2. The Hall–Kier alpha value is -2.67. The molecule has 1 atom stereocenters. The van der Waals surface area contributed by atoms with E-state index in [2.05, 4.69) is 46.7 Å². The number of likely N-dealkylation sites (tertiary alicyclic amines) is 1. The molecule has 148 valence electrons. The first-order valence-corrected chi connectivity index (χ1v) is 9.97.